The van der Waals surface area contributed by atoms with Gasteiger partial charge >= 0.3 is 0 Å². The van der Waals surface area contributed by atoms with Gasteiger partial charge in [0, 0.05) is 19.6 Å². The van der Waals surface area contributed by atoms with Gasteiger partial charge in [0.1, 0.15) is 0 Å². The highest BCUT2D eigenvalue weighted by atomic mass is 79.9. The Morgan fingerprint density at radius 3 is 2.93 bits per heavy atom. The van der Waals surface area contributed by atoms with Crippen LogP contribution in [0, 0.1) is 5.92 Å². The number of rotatable bonds is 3. The van der Waals surface area contributed by atoms with Crippen molar-refractivity contribution in [2.75, 3.05) is 20.3 Å². The lowest BCUT2D eigenvalue weighted by molar-refractivity contribution is 0.176. The lowest BCUT2D eigenvalue weighted by Crippen LogP contribution is -2.28. The first-order valence-electron chi connectivity index (χ1n) is 5.04. The van der Waals surface area contributed by atoms with Crippen LogP contribution in [0.4, 0.5) is 0 Å². The van der Waals surface area contributed by atoms with Gasteiger partial charge in [-0.3, -0.25) is 0 Å². The molecule has 1 fully saturated rings. The molecule has 1 aromatic rings. The Balaban J connectivity index is 2.25. The van der Waals surface area contributed by atoms with Crippen LogP contribution in [0.3, 0.4) is 0 Å². The Kier molecular flexibility index (Phi) is 3.38. The number of nitrogens with zero attached hydrogens (tertiary/aromatic N) is 3. The highest BCUT2D eigenvalue weighted by Crippen LogP contribution is 2.31. The van der Waals surface area contributed by atoms with Crippen LogP contribution < -0.4 is 5.32 Å². The molecular weight excluding hydrogens is 260 g/mol. The summed E-state index contributed by atoms with van der Waals surface area (Å²) in [6.45, 7) is 1.66. The van der Waals surface area contributed by atoms with E-state index < -0.39 is 0 Å². The zero-order valence-corrected chi connectivity index (χ0v) is 10.5. The molecule has 1 aliphatic heterocycles. The molecule has 0 bridgehead atoms. The van der Waals surface area contributed by atoms with E-state index in [4.69, 9.17) is 4.74 Å². The Hall–Kier alpha value is -0.460. The van der Waals surface area contributed by atoms with Crippen LogP contribution in [-0.2, 0) is 11.8 Å². The molecule has 0 amide bonds. The quantitative estimate of drug-likeness (QED) is 0.889. The van der Waals surface area contributed by atoms with E-state index in [1.165, 1.54) is 0 Å². The van der Waals surface area contributed by atoms with Crippen LogP contribution >= 0.6 is 15.9 Å². The fraction of sp³-hybridized carbons (Fsp3) is 0.778. The van der Waals surface area contributed by atoms with Gasteiger partial charge in [-0.05, 0) is 29.4 Å². The van der Waals surface area contributed by atoms with Crippen LogP contribution in [0.1, 0.15) is 18.2 Å². The van der Waals surface area contributed by atoms with Crippen molar-refractivity contribution in [1.29, 1.82) is 0 Å². The highest BCUT2D eigenvalue weighted by molar-refractivity contribution is 9.10. The molecule has 0 aromatic carbocycles. The molecule has 0 radical (unpaired) electrons. The summed E-state index contributed by atoms with van der Waals surface area (Å²) in [6, 6.07) is 0.252. The minimum Gasteiger partial charge on any atom is -0.381 e. The van der Waals surface area contributed by atoms with Crippen molar-refractivity contribution >= 4 is 15.9 Å². The van der Waals surface area contributed by atoms with Crippen molar-refractivity contribution in [3.63, 3.8) is 0 Å². The lowest BCUT2D eigenvalue weighted by Gasteiger charge is -2.21. The van der Waals surface area contributed by atoms with E-state index >= 15 is 0 Å². The number of hydrogen-bond donors (Lipinski definition) is 1. The van der Waals surface area contributed by atoms with Gasteiger partial charge in [0.2, 0.25) is 0 Å². The predicted octanol–water partition coefficient (Wildman–Crippen LogP) is 0.875. The second kappa shape index (κ2) is 4.59. The van der Waals surface area contributed by atoms with Gasteiger partial charge in [0.05, 0.1) is 18.3 Å². The summed E-state index contributed by atoms with van der Waals surface area (Å²) in [5, 5.41) is 11.3. The maximum absolute atomic E-state index is 5.41. The molecule has 6 heteroatoms. The largest absolute Gasteiger partial charge is 0.381 e. The van der Waals surface area contributed by atoms with Crippen molar-refractivity contribution in [3.8, 4) is 0 Å². The van der Waals surface area contributed by atoms with Gasteiger partial charge in [0.15, 0.2) is 4.60 Å². The van der Waals surface area contributed by atoms with E-state index in [0.717, 1.165) is 29.9 Å². The Morgan fingerprint density at radius 2 is 2.47 bits per heavy atom. The van der Waals surface area contributed by atoms with Gasteiger partial charge in [-0.25, -0.2) is 4.68 Å². The fourth-order valence-corrected chi connectivity index (χ4v) is 2.65. The second-order valence-corrected chi connectivity index (χ2v) is 4.53. The fourth-order valence-electron chi connectivity index (χ4n) is 2.08. The third-order valence-corrected chi connectivity index (χ3v) is 3.43. The van der Waals surface area contributed by atoms with Gasteiger partial charge in [-0.1, -0.05) is 5.21 Å². The normalized spacial score (nSPS) is 23.3. The summed E-state index contributed by atoms with van der Waals surface area (Å²) in [5.41, 5.74) is 1.09. The molecule has 2 rings (SSSR count). The molecule has 0 aliphatic carbocycles. The molecule has 1 aliphatic rings. The summed E-state index contributed by atoms with van der Waals surface area (Å²) < 4.78 is 8.04. The zero-order chi connectivity index (χ0) is 10.8. The molecule has 0 spiro atoms. The van der Waals surface area contributed by atoms with Crippen molar-refractivity contribution in [1.82, 2.24) is 20.3 Å². The Bertz CT molecular complexity index is 315. The predicted molar refractivity (Wildman–Crippen MR) is 59.4 cm³/mol. The molecule has 0 saturated carbocycles. The molecule has 2 heterocycles. The zero-order valence-electron chi connectivity index (χ0n) is 8.90. The minimum atomic E-state index is 0.252. The molecule has 84 valence electrons. The molecule has 1 N–H and O–H groups in total. The first-order valence-corrected chi connectivity index (χ1v) is 5.83. The van der Waals surface area contributed by atoms with E-state index in [-0.39, 0.29) is 6.04 Å². The van der Waals surface area contributed by atoms with Crippen molar-refractivity contribution in [3.05, 3.63) is 10.3 Å². The average molecular weight is 275 g/mol. The summed E-state index contributed by atoms with van der Waals surface area (Å²) in [7, 11) is 3.87. The molecule has 2 unspecified atom stereocenters. The summed E-state index contributed by atoms with van der Waals surface area (Å²) >= 11 is 3.43. The number of hydrogen-bond acceptors (Lipinski definition) is 4. The van der Waals surface area contributed by atoms with Crippen LogP contribution in [-0.4, -0.2) is 35.3 Å². The van der Waals surface area contributed by atoms with Crippen molar-refractivity contribution < 1.29 is 4.74 Å². The SMILES string of the molecule is CNC(c1c(Br)nnn1C)C1CCOC1. The van der Waals surface area contributed by atoms with E-state index in [1.807, 2.05) is 18.8 Å². The van der Waals surface area contributed by atoms with E-state index in [2.05, 4.69) is 31.6 Å². The van der Waals surface area contributed by atoms with Crippen LogP contribution in [0.2, 0.25) is 0 Å². The minimum absolute atomic E-state index is 0.252. The van der Waals surface area contributed by atoms with Crippen LogP contribution in [0.5, 0.6) is 0 Å². The van der Waals surface area contributed by atoms with E-state index in [9.17, 15) is 0 Å². The molecule has 1 aromatic heterocycles. The summed E-state index contributed by atoms with van der Waals surface area (Å²) in [6.07, 6.45) is 1.09. The molecule has 15 heavy (non-hydrogen) atoms. The number of aromatic nitrogens is 3. The van der Waals surface area contributed by atoms with E-state index in [0.29, 0.717) is 5.92 Å². The number of aryl methyl sites for hydroxylation is 1. The third-order valence-electron chi connectivity index (χ3n) is 2.87. The van der Waals surface area contributed by atoms with Crippen molar-refractivity contribution in [2.24, 2.45) is 13.0 Å². The maximum atomic E-state index is 5.41. The van der Waals surface area contributed by atoms with Crippen LogP contribution in [0.15, 0.2) is 4.60 Å². The van der Waals surface area contributed by atoms with Crippen LogP contribution in [0.25, 0.3) is 0 Å². The molecule has 1 saturated heterocycles. The average Bonchev–Trinajstić information content (AvgIpc) is 2.83. The Labute approximate surface area is 97.3 Å². The number of halogens is 1. The van der Waals surface area contributed by atoms with Gasteiger partial charge in [0.25, 0.3) is 0 Å². The number of ether oxygens (including phenoxy) is 1. The highest BCUT2D eigenvalue weighted by Gasteiger charge is 2.30. The smallest absolute Gasteiger partial charge is 0.153 e. The standard InChI is InChI=1S/C9H15BrN4O/c1-11-7(6-3-4-15-5-6)8-9(10)12-13-14(8)2/h6-7,11H,3-5H2,1-2H3. The first kappa shape index (κ1) is 11.0. The maximum Gasteiger partial charge on any atom is 0.153 e. The lowest BCUT2D eigenvalue weighted by atomic mass is 9.97. The second-order valence-electron chi connectivity index (χ2n) is 3.78. The van der Waals surface area contributed by atoms with Gasteiger partial charge in [-0.15, -0.1) is 5.10 Å². The summed E-state index contributed by atoms with van der Waals surface area (Å²) in [5.74, 6) is 0.503. The van der Waals surface area contributed by atoms with E-state index in [1.54, 1.807) is 0 Å². The molecular formula is C9H15BrN4O. The van der Waals surface area contributed by atoms with Gasteiger partial charge < -0.3 is 10.1 Å². The third kappa shape index (κ3) is 2.07. The number of nitrogens with one attached hydrogen (secondary N) is 1. The monoisotopic (exact) mass is 274 g/mol. The topological polar surface area (TPSA) is 52.0 Å². The molecule has 5 nitrogen and oxygen atoms in total. The van der Waals surface area contributed by atoms with Crippen molar-refractivity contribution in [2.45, 2.75) is 12.5 Å². The first-order chi connectivity index (χ1) is 7.24. The Morgan fingerprint density at radius 1 is 1.67 bits per heavy atom. The molecule has 2 atom stereocenters. The van der Waals surface area contributed by atoms with Gasteiger partial charge in [-0.2, -0.15) is 0 Å². The summed E-state index contributed by atoms with van der Waals surface area (Å²) in [4.78, 5) is 0.